The molecule has 0 N–H and O–H groups in total. The Balaban J connectivity index is 1.89. The van der Waals surface area contributed by atoms with Crippen molar-refractivity contribution in [2.75, 3.05) is 13.1 Å². The van der Waals surface area contributed by atoms with Crippen LogP contribution in [0.25, 0.3) is 10.4 Å². The Kier molecular flexibility index (Phi) is 3.01. The predicted molar refractivity (Wildman–Crippen MR) is 74.5 cm³/mol. The van der Waals surface area contributed by atoms with E-state index in [1.165, 1.54) is 4.31 Å². The van der Waals surface area contributed by atoms with Gasteiger partial charge < -0.3 is 0 Å². The predicted octanol–water partition coefficient (Wildman–Crippen LogP) is 2.46. The summed E-state index contributed by atoms with van der Waals surface area (Å²) < 4.78 is 26.7. The van der Waals surface area contributed by atoms with Gasteiger partial charge in [0, 0.05) is 18.0 Å². The highest BCUT2D eigenvalue weighted by Crippen LogP contribution is 2.47. The highest BCUT2D eigenvalue weighted by molar-refractivity contribution is 7.89. The van der Waals surface area contributed by atoms with Gasteiger partial charge in [0.05, 0.1) is 10.4 Å². The van der Waals surface area contributed by atoms with E-state index in [0.29, 0.717) is 23.9 Å². The number of nitrogens with zero attached hydrogens (tertiary/aromatic N) is 4. The van der Waals surface area contributed by atoms with Crippen LogP contribution in [0.4, 0.5) is 0 Å². The van der Waals surface area contributed by atoms with Crippen LogP contribution in [-0.4, -0.2) is 31.4 Å². The van der Waals surface area contributed by atoms with Crippen molar-refractivity contribution in [1.82, 2.24) is 4.31 Å². The van der Waals surface area contributed by atoms with E-state index in [-0.39, 0.29) is 0 Å². The molecule has 2 saturated heterocycles. The molecule has 0 spiro atoms. The van der Waals surface area contributed by atoms with E-state index in [0.717, 1.165) is 18.4 Å². The van der Waals surface area contributed by atoms with Crippen LogP contribution < -0.4 is 0 Å². The largest absolute Gasteiger partial charge is 0.243 e. The van der Waals surface area contributed by atoms with E-state index < -0.39 is 15.6 Å². The van der Waals surface area contributed by atoms with Crippen molar-refractivity contribution in [3.8, 4) is 0 Å². The third kappa shape index (κ3) is 2.08. The number of fused-ring (bicyclic) bond motifs is 2. The van der Waals surface area contributed by atoms with Gasteiger partial charge in [0.25, 0.3) is 0 Å². The molecule has 2 heterocycles. The maximum Gasteiger partial charge on any atom is 0.243 e. The topological polar surface area (TPSA) is 86.1 Å². The first kappa shape index (κ1) is 13.4. The Morgan fingerprint density at radius 1 is 1.35 bits per heavy atom. The van der Waals surface area contributed by atoms with Gasteiger partial charge in [-0.15, -0.1) is 0 Å². The molecule has 1 aliphatic carbocycles. The molecule has 0 radical (unpaired) electrons. The molecule has 20 heavy (non-hydrogen) atoms. The first-order chi connectivity index (χ1) is 9.45. The molecule has 0 atom stereocenters. The highest BCUT2D eigenvalue weighted by atomic mass is 32.2. The molecular weight excluding hydrogens is 276 g/mol. The van der Waals surface area contributed by atoms with Gasteiger partial charge in [0.1, 0.15) is 0 Å². The quantitative estimate of drug-likeness (QED) is 0.487. The number of azide groups is 1. The summed E-state index contributed by atoms with van der Waals surface area (Å²) in [5, 5.41) is 3.83. The molecule has 0 unspecified atom stereocenters. The summed E-state index contributed by atoms with van der Waals surface area (Å²) in [5.41, 5.74) is 9.14. The van der Waals surface area contributed by atoms with Gasteiger partial charge in [-0.1, -0.05) is 22.8 Å². The zero-order valence-electron chi connectivity index (χ0n) is 11.2. The van der Waals surface area contributed by atoms with Crippen molar-refractivity contribution in [2.45, 2.75) is 30.2 Å². The Morgan fingerprint density at radius 3 is 2.60 bits per heavy atom. The summed E-state index contributed by atoms with van der Waals surface area (Å²) >= 11 is 0. The molecule has 3 fully saturated rings. The molecule has 7 heteroatoms. The zero-order chi connectivity index (χ0) is 14.4. The van der Waals surface area contributed by atoms with Crippen molar-refractivity contribution in [3.63, 3.8) is 0 Å². The lowest BCUT2D eigenvalue weighted by atomic mass is 9.66. The van der Waals surface area contributed by atoms with Gasteiger partial charge in [-0.25, -0.2) is 8.42 Å². The van der Waals surface area contributed by atoms with Crippen LogP contribution in [0.3, 0.4) is 0 Å². The van der Waals surface area contributed by atoms with E-state index in [4.69, 9.17) is 5.53 Å². The van der Waals surface area contributed by atoms with Gasteiger partial charge in [-0.05, 0) is 43.3 Å². The summed E-state index contributed by atoms with van der Waals surface area (Å²) in [4.78, 5) is 3.18. The SMILES string of the molecule is Cc1ccc(S(=O)(=O)N2CC3CC(N=[N+]=[N-])(C3)C2)cc1. The minimum absolute atomic E-state index is 0.295. The monoisotopic (exact) mass is 292 g/mol. The summed E-state index contributed by atoms with van der Waals surface area (Å²) in [6, 6.07) is 6.85. The lowest BCUT2D eigenvalue weighted by Gasteiger charge is -2.53. The Bertz CT molecular complexity index is 671. The Labute approximate surface area is 118 Å². The number of sulfonamides is 1. The first-order valence-corrected chi connectivity index (χ1v) is 8.02. The third-order valence-electron chi connectivity index (χ3n) is 4.19. The lowest BCUT2D eigenvalue weighted by molar-refractivity contribution is 0.0467. The zero-order valence-corrected chi connectivity index (χ0v) is 12.0. The van der Waals surface area contributed by atoms with E-state index in [1.807, 2.05) is 6.92 Å². The lowest BCUT2D eigenvalue weighted by Crippen LogP contribution is -2.60. The van der Waals surface area contributed by atoms with Crippen molar-refractivity contribution in [1.29, 1.82) is 0 Å². The third-order valence-corrected chi connectivity index (χ3v) is 6.01. The standard InChI is InChI=1S/C13H16N4O2S/c1-10-2-4-12(5-3-10)20(18,19)17-8-11-6-13(7-11,9-17)15-16-14/h2-5,11H,6-9H2,1H3. The van der Waals surface area contributed by atoms with Gasteiger partial charge in [0.15, 0.2) is 0 Å². The fraction of sp³-hybridized carbons (Fsp3) is 0.538. The van der Waals surface area contributed by atoms with Gasteiger partial charge in [-0.3, -0.25) is 0 Å². The molecule has 0 amide bonds. The van der Waals surface area contributed by atoms with Crippen LogP contribution >= 0.6 is 0 Å². The maximum absolute atomic E-state index is 12.6. The van der Waals surface area contributed by atoms with Crippen LogP contribution in [0.2, 0.25) is 0 Å². The van der Waals surface area contributed by atoms with Crippen LogP contribution in [0.15, 0.2) is 34.3 Å². The Morgan fingerprint density at radius 2 is 2.00 bits per heavy atom. The maximum atomic E-state index is 12.6. The second-order valence-corrected chi connectivity index (χ2v) is 7.74. The van der Waals surface area contributed by atoms with Gasteiger partial charge in [0.2, 0.25) is 10.0 Å². The summed E-state index contributed by atoms with van der Waals surface area (Å²) in [5.74, 6) is 0.314. The van der Waals surface area contributed by atoms with Gasteiger partial charge in [-0.2, -0.15) is 4.31 Å². The molecular formula is C13H16N4O2S. The second kappa shape index (κ2) is 4.48. The molecule has 4 rings (SSSR count). The average Bonchev–Trinajstić information content (AvgIpc) is 2.38. The fourth-order valence-electron chi connectivity index (χ4n) is 3.20. The van der Waals surface area contributed by atoms with Crippen LogP contribution in [0.1, 0.15) is 18.4 Å². The second-order valence-electron chi connectivity index (χ2n) is 5.80. The molecule has 2 aliphatic heterocycles. The average molecular weight is 292 g/mol. The molecule has 1 aromatic carbocycles. The first-order valence-electron chi connectivity index (χ1n) is 6.58. The smallest absolute Gasteiger partial charge is 0.207 e. The normalized spacial score (nSPS) is 29.4. The number of aryl methyl sites for hydroxylation is 1. The van der Waals surface area contributed by atoms with Crippen LogP contribution in [0.5, 0.6) is 0 Å². The van der Waals surface area contributed by atoms with E-state index in [9.17, 15) is 8.42 Å². The number of piperidine rings is 2. The van der Waals surface area contributed by atoms with Crippen molar-refractivity contribution < 1.29 is 8.42 Å². The minimum Gasteiger partial charge on any atom is -0.207 e. The number of rotatable bonds is 3. The molecule has 2 bridgehead atoms. The molecule has 3 aliphatic rings. The molecule has 1 aromatic rings. The molecule has 0 aromatic heterocycles. The highest BCUT2D eigenvalue weighted by Gasteiger charge is 2.52. The molecule has 1 saturated carbocycles. The fourth-order valence-corrected chi connectivity index (χ4v) is 4.80. The number of hydrogen-bond donors (Lipinski definition) is 0. The van der Waals surface area contributed by atoms with Gasteiger partial charge >= 0.3 is 0 Å². The van der Waals surface area contributed by atoms with Crippen LogP contribution in [0, 0.1) is 12.8 Å². The summed E-state index contributed by atoms with van der Waals surface area (Å²) in [7, 11) is -3.49. The van der Waals surface area contributed by atoms with Crippen molar-refractivity contribution >= 4 is 10.0 Å². The van der Waals surface area contributed by atoms with E-state index in [1.54, 1.807) is 24.3 Å². The Hall–Kier alpha value is -1.56. The summed E-state index contributed by atoms with van der Waals surface area (Å²) in [6.45, 7) is 2.74. The molecule has 6 nitrogen and oxygen atoms in total. The number of benzene rings is 1. The van der Waals surface area contributed by atoms with Crippen LogP contribution in [-0.2, 0) is 10.0 Å². The van der Waals surface area contributed by atoms with E-state index >= 15 is 0 Å². The summed E-state index contributed by atoms with van der Waals surface area (Å²) in [6.07, 6.45) is 1.61. The van der Waals surface area contributed by atoms with Crippen molar-refractivity contribution in [3.05, 3.63) is 40.3 Å². The number of hydrogen-bond acceptors (Lipinski definition) is 3. The van der Waals surface area contributed by atoms with E-state index in [2.05, 4.69) is 10.0 Å². The minimum atomic E-state index is -3.49. The van der Waals surface area contributed by atoms with Crippen molar-refractivity contribution in [2.24, 2.45) is 11.0 Å². The molecule has 106 valence electrons.